The Labute approximate surface area is 116 Å². The van der Waals surface area contributed by atoms with Crippen LogP contribution in [0.2, 0.25) is 0 Å². The van der Waals surface area contributed by atoms with E-state index < -0.39 is 0 Å². The fraction of sp³-hybridized carbons (Fsp3) is 0. The molecule has 0 amide bonds. The fourth-order valence-electron chi connectivity index (χ4n) is 1.64. The van der Waals surface area contributed by atoms with Crippen molar-refractivity contribution in [1.29, 1.82) is 5.26 Å². The number of para-hydroxylation sites is 1. The molecule has 0 unspecified atom stereocenters. The van der Waals surface area contributed by atoms with Crippen LogP contribution in [-0.4, -0.2) is 9.97 Å². The standard InChI is InChI=1S/C13H6BrN3O2/c14-8-6-16-13(17-7-8)19-12-9-3-1-2-4-10(9)18-11(12)5-15/h1-4,6-7H. The second-order valence-corrected chi connectivity index (χ2v) is 4.57. The molecule has 0 aliphatic heterocycles. The number of aromatic nitrogens is 2. The second kappa shape index (κ2) is 4.71. The van der Waals surface area contributed by atoms with Crippen LogP contribution in [0.15, 0.2) is 45.5 Å². The van der Waals surface area contributed by atoms with Gasteiger partial charge in [0, 0.05) is 12.4 Å². The third kappa shape index (κ3) is 2.16. The maximum atomic E-state index is 9.07. The largest absolute Gasteiger partial charge is 0.442 e. The van der Waals surface area contributed by atoms with E-state index in [-0.39, 0.29) is 11.8 Å². The number of nitrogens with zero attached hydrogens (tertiary/aromatic N) is 3. The molecule has 2 heterocycles. The summed E-state index contributed by atoms with van der Waals surface area (Å²) in [6.07, 6.45) is 3.13. The summed E-state index contributed by atoms with van der Waals surface area (Å²) in [6, 6.07) is 9.37. The van der Waals surface area contributed by atoms with Crippen molar-refractivity contribution in [2.45, 2.75) is 0 Å². The number of hydrogen-bond donors (Lipinski definition) is 0. The third-order valence-corrected chi connectivity index (χ3v) is 2.85. The van der Waals surface area contributed by atoms with Crippen LogP contribution in [0.4, 0.5) is 0 Å². The van der Waals surface area contributed by atoms with Gasteiger partial charge in [0.05, 0.1) is 9.86 Å². The van der Waals surface area contributed by atoms with Gasteiger partial charge in [-0.3, -0.25) is 0 Å². The zero-order valence-corrected chi connectivity index (χ0v) is 11.1. The fourth-order valence-corrected chi connectivity index (χ4v) is 1.85. The molecule has 6 heteroatoms. The minimum Gasteiger partial charge on any atom is -0.442 e. The van der Waals surface area contributed by atoms with Gasteiger partial charge >= 0.3 is 6.01 Å². The lowest BCUT2D eigenvalue weighted by molar-refractivity contribution is 0.431. The number of rotatable bonds is 2. The van der Waals surface area contributed by atoms with Gasteiger partial charge in [-0.1, -0.05) is 12.1 Å². The number of ether oxygens (including phenoxy) is 1. The Morgan fingerprint density at radius 3 is 2.68 bits per heavy atom. The van der Waals surface area contributed by atoms with Crippen molar-refractivity contribution in [1.82, 2.24) is 9.97 Å². The molecular formula is C13H6BrN3O2. The minimum absolute atomic E-state index is 0.104. The number of fused-ring (bicyclic) bond motifs is 1. The van der Waals surface area contributed by atoms with E-state index in [1.165, 1.54) is 0 Å². The second-order valence-electron chi connectivity index (χ2n) is 3.65. The zero-order chi connectivity index (χ0) is 13.2. The molecule has 0 aliphatic rings. The Kier molecular flexibility index (Phi) is 2.89. The molecule has 0 atom stereocenters. The van der Waals surface area contributed by atoms with Crippen molar-refractivity contribution in [3.05, 3.63) is 46.9 Å². The summed E-state index contributed by atoms with van der Waals surface area (Å²) in [5.74, 6) is 0.438. The van der Waals surface area contributed by atoms with E-state index in [9.17, 15) is 0 Å². The molecule has 1 aromatic carbocycles. The van der Waals surface area contributed by atoms with Crippen molar-refractivity contribution < 1.29 is 9.15 Å². The third-order valence-electron chi connectivity index (χ3n) is 2.44. The Morgan fingerprint density at radius 1 is 1.21 bits per heavy atom. The Bertz CT molecular complexity index is 775. The lowest BCUT2D eigenvalue weighted by Crippen LogP contribution is -1.91. The summed E-state index contributed by atoms with van der Waals surface area (Å²) in [4.78, 5) is 8.01. The lowest BCUT2D eigenvalue weighted by Gasteiger charge is -2.01. The number of halogens is 1. The van der Waals surface area contributed by atoms with Crippen LogP contribution < -0.4 is 4.74 Å². The number of furan rings is 1. The molecule has 0 saturated heterocycles. The summed E-state index contributed by atoms with van der Waals surface area (Å²) in [5.41, 5.74) is 0.589. The highest BCUT2D eigenvalue weighted by atomic mass is 79.9. The molecule has 0 fully saturated rings. The summed E-state index contributed by atoms with van der Waals surface area (Å²) >= 11 is 3.24. The molecule has 0 saturated carbocycles. The number of benzene rings is 1. The van der Waals surface area contributed by atoms with Gasteiger partial charge in [0.25, 0.3) is 0 Å². The van der Waals surface area contributed by atoms with Gasteiger partial charge in [-0.15, -0.1) is 0 Å². The van der Waals surface area contributed by atoms with Crippen molar-refractivity contribution in [2.75, 3.05) is 0 Å². The monoisotopic (exact) mass is 315 g/mol. The van der Waals surface area contributed by atoms with Gasteiger partial charge < -0.3 is 9.15 Å². The first kappa shape index (κ1) is 11.7. The van der Waals surface area contributed by atoms with E-state index in [4.69, 9.17) is 14.4 Å². The first-order valence-corrected chi connectivity index (χ1v) is 6.14. The number of nitriles is 1. The summed E-state index contributed by atoms with van der Waals surface area (Å²) in [6.45, 7) is 0. The smallest absolute Gasteiger partial charge is 0.322 e. The molecule has 0 radical (unpaired) electrons. The summed E-state index contributed by atoms with van der Waals surface area (Å²) in [7, 11) is 0. The molecule has 2 aromatic heterocycles. The first-order valence-electron chi connectivity index (χ1n) is 5.35. The van der Waals surface area contributed by atoms with Crippen molar-refractivity contribution in [2.24, 2.45) is 0 Å². The molecule has 0 spiro atoms. The zero-order valence-electron chi connectivity index (χ0n) is 9.50. The normalized spacial score (nSPS) is 10.3. The average molecular weight is 316 g/mol. The topological polar surface area (TPSA) is 71.9 Å². The predicted octanol–water partition coefficient (Wildman–Crippen LogP) is 3.65. The minimum atomic E-state index is 0.104. The molecule has 92 valence electrons. The summed E-state index contributed by atoms with van der Waals surface area (Å²) in [5, 5.41) is 9.78. The van der Waals surface area contributed by atoms with Gasteiger partial charge in [0.15, 0.2) is 5.75 Å². The Balaban J connectivity index is 2.09. The van der Waals surface area contributed by atoms with Crippen LogP contribution in [0.5, 0.6) is 11.8 Å². The Hall–Kier alpha value is -2.39. The maximum Gasteiger partial charge on any atom is 0.322 e. The summed E-state index contributed by atoms with van der Waals surface area (Å²) < 4.78 is 11.7. The average Bonchev–Trinajstić information content (AvgIpc) is 2.79. The van der Waals surface area contributed by atoms with Crippen molar-refractivity contribution in [3.8, 4) is 17.8 Å². The highest BCUT2D eigenvalue weighted by Crippen LogP contribution is 2.34. The van der Waals surface area contributed by atoms with Gasteiger partial charge in [0.2, 0.25) is 5.76 Å². The van der Waals surface area contributed by atoms with Crippen LogP contribution in [-0.2, 0) is 0 Å². The molecule has 0 aliphatic carbocycles. The lowest BCUT2D eigenvalue weighted by atomic mass is 10.2. The highest BCUT2D eigenvalue weighted by Gasteiger charge is 2.16. The van der Waals surface area contributed by atoms with Crippen LogP contribution >= 0.6 is 15.9 Å². The van der Waals surface area contributed by atoms with E-state index in [0.29, 0.717) is 16.7 Å². The van der Waals surface area contributed by atoms with Crippen molar-refractivity contribution >= 4 is 26.9 Å². The van der Waals surface area contributed by atoms with Crippen LogP contribution in [0.1, 0.15) is 5.76 Å². The Morgan fingerprint density at radius 2 is 1.95 bits per heavy atom. The van der Waals surface area contributed by atoms with Gasteiger partial charge in [-0.25, -0.2) is 9.97 Å². The SMILES string of the molecule is N#Cc1oc2ccccc2c1Oc1ncc(Br)cn1. The number of hydrogen-bond acceptors (Lipinski definition) is 5. The van der Waals surface area contributed by atoms with Gasteiger partial charge in [-0.05, 0) is 28.1 Å². The van der Waals surface area contributed by atoms with E-state index in [1.54, 1.807) is 18.5 Å². The highest BCUT2D eigenvalue weighted by molar-refractivity contribution is 9.10. The van der Waals surface area contributed by atoms with Crippen LogP contribution in [0.25, 0.3) is 11.0 Å². The van der Waals surface area contributed by atoms with E-state index in [2.05, 4.69) is 25.9 Å². The van der Waals surface area contributed by atoms with E-state index in [1.807, 2.05) is 24.3 Å². The first-order chi connectivity index (χ1) is 9.28. The molecule has 5 nitrogen and oxygen atoms in total. The molecule has 0 N–H and O–H groups in total. The van der Waals surface area contributed by atoms with E-state index in [0.717, 1.165) is 4.47 Å². The van der Waals surface area contributed by atoms with Crippen LogP contribution in [0.3, 0.4) is 0 Å². The molecule has 19 heavy (non-hydrogen) atoms. The van der Waals surface area contributed by atoms with Gasteiger partial charge in [-0.2, -0.15) is 5.26 Å². The van der Waals surface area contributed by atoms with Gasteiger partial charge in [0.1, 0.15) is 11.7 Å². The molecule has 3 aromatic rings. The maximum absolute atomic E-state index is 9.07. The molecular weight excluding hydrogens is 310 g/mol. The molecule has 3 rings (SSSR count). The van der Waals surface area contributed by atoms with Crippen LogP contribution in [0, 0.1) is 11.3 Å². The predicted molar refractivity (Wildman–Crippen MR) is 70.7 cm³/mol. The van der Waals surface area contributed by atoms with E-state index >= 15 is 0 Å². The quantitative estimate of drug-likeness (QED) is 0.721. The molecule has 0 bridgehead atoms. The van der Waals surface area contributed by atoms with Crippen molar-refractivity contribution in [3.63, 3.8) is 0 Å².